The smallest absolute Gasteiger partial charge is 0.321 e. The summed E-state index contributed by atoms with van der Waals surface area (Å²) in [5.74, 6) is -0.147. The molecular formula is C20H24N4O2. The van der Waals surface area contributed by atoms with Crippen LogP contribution in [0.5, 0.6) is 0 Å². The molecular weight excluding hydrogens is 328 g/mol. The molecule has 3 rings (SSSR count). The normalized spacial score (nSPS) is 13.8. The summed E-state index contributed by atoms with van der Waals surface area (Å²) in [5, 5.41) is 5.75. The standard InChI is InChI=1S/C20H24N4O2/c1-23(2)14-17-7-4-3-6-16(17)13-22-19(25)15-8-5-9-18(12-15)24-11-10-21-20(24)26/h3-9,12H,10-11,13-14H2,1-2H3,(H,21,26)(H,22,25). The molecule has 0 spiro atoms. The van der Waals surface area contributed by atoms with Crippen molar-refractivity contribution in [1.82, 2.24) is 15.5 Å². The van der Waals surface area contributed by atoms with Crippen LogP contribution in [0.3, 0.4) is 0 Å². The van der Waals surface area contributed by atoms with Gasteiger partial charge in [-0.05, 0) is 43.4 Å². The molecule has 6 heteroatoms. The van der Waals surface area contributed by atoms with E-state index in [2.05, 4.69) is 21.6 Å². The molecule has 0 bridgehead atoms. The highest BCUT2D eigenvalue weighted by atomic mass is 16.2. The van der Waals surface area contributed by atoms with E-state index in [4.69, 9.17) is 0 Å². The lowest BCUT2D eigenvalue weighted by Gasteiger charge is -2.16. The Labute approximate surface area is 153 Å². The third-order valence-corrected chi connectivity index (χ3v) is 4.32. The van der Waals surface area contributed by atoms with Gasteiger partial charge in [-0.2, -0.15) is 0 Å². The van der Waals surface area contributed by atoms with Crippen molar-refractivity contribution in [2.24, 2.45) is 0 Å². The van der Waals surface area contributed by atoms with E-state index in [-0.39, 0.29) is 11.9 Å². The topological polar surface area (TPSA) is 64.7 Å². The molecule has 26 heavy (non-hydrogen) atoms. The lowest BCUT2D eigenvalue weighted by molar-refractivity contribution is 0.0950. The zero-order valence-electron chi connectivity index (χ0n) is 15.2. The Bertz CT molecular complexity index is 804. The molecule has 0 aliphatic carbocycles. The van der Waals surface area contributed by atoms with Crippen LogP contribution < -0.4 is 15.5 Å². The first-order chi connectivity index (χ1) is 12.5. The van der Waals surface area contributed by atoms with Gasteiger partial charge in [0, 0.05) is 37.4 Å². The second-order valence-electron chi connectivity index (χ2n) is 6.62. The number of anilines is 1. The second kappa shape index (κ2) is 8.01. The van der Waals surface area contributed by atoms with Gasteiger partial charge in [0.05, 0.1) is 0 Å². The fraction of sp³-hybridized carbons (Fsp3) is 0.300. The van der Waals surface area contributed by atoms with Crippen LogP contribution in [0.1, 0.15) is 21.5 Å². The molecule has 2 aromatic rings. The Morgan fingerprint density at radius 1 is 1.15 bits per heavy atom. The predicted octanol–water partition coefficient (Wildman–Crippen LogP) is 2.21. The Morgan fingerprint density at radius 3 is 2.62 bits per heavy atom. The summed E-state index contributed by atoms with van der Waals surface area (Å²) in [6.45, 7) is 2.53. The highest BCUT2D eigenvalue weighted by molar-refractivity contribution is 5.98. The minimum absolute atomic E-state index is 0.125. The minimum Gasteiger partial charge on any atom is -0.348 e. The van der Waals surface area contributed by atoms with Crippen molar-refractivity contribution in [3.63, 3.8) is 0 Å². The zero-order valence-corrected chi connectivity index (χ0v) is 15.2. The molecule has 0 saturated carbocycles. The molecule has 6 nitrogen and oxygen atoms in total. The average Bonchev–Trinajstić information content (AvgIpc) is 3.06. The summed E-state index contributed by atoms with van der Waals surface area (Å²) >= 11 is 0. The number of nitrogens with zero attached hydrogens (tertiary/aromatic N) is 2. The van der Waals surface area contributed by atoms with E-state index in [1.165, 1.54) is 5.56 Å². The number of nitrogens with one attached hydrogen (secondary N) is 2. The quantitative estimate of drug-likeness (QED) is 0.838. The van der Waals surface area contributed by atoms with Crippen molar-refractivity contribution in [2.75, 3.05) is 32.1 Å². The van der Waals surface area contributed by atoms with Crippen LogP contribution in [0.25, 0.3) is 0 Å². The average molecular weight is 352 g/mol. The largest absolute Gasteiger partial charge is 0.348 e. The van der Waals surface area contributed by atoms with E-state index in [0.717, 1.165) is 17.8 Å². The first-order valence-corrected chi connectivity index (χ1v) is 8.70. The number of carbonyl (C=O) groups excluding carboxylic acids is 2. The van der Waals surface area contributed by atoms with E-state index in [0.29, 0.717) is 25.2 Å². The first kappa shape index (κ1) is 17.9. The third-order valence-electron chi connectivity index (χ3n) is 4.32. The number of amides is 3. The molecule has 1 heterocycles. The number of rotatable bonds is 6. The summed E-state index contributed by atoms with van der Waals surface area (Å²) < 4.78 is 0. The van der Waals surface area contributed by atoms with Crippen LogP contribution in [0.4, 0.5) is 10.5 Å². The van der Waals surface area contributed by atoms with E-state index in [9.17, 15) is 9.59 Å². The van der Waals surface area contributed by atoms with E-state index < -0.39 is 0 Å². The van der Waals surface area contributed by atoms with Crippen molar-refractivity contribution in [3.8, 4) is 0 Å². The Hall–Kier alpha value is -2.86. The summed E-state index contributed by atoms with van der Waals surface area (Å²) in [6.07, 6.45) is 0. The van der Waals surface area contributed by atoms with Crippen LogP contribution in [0.15, 0.2) is 48.5 Å². The zero-order chi connectivity index (χ0) is 18.5. The fourth-order valence-electron chi connectivity index (χ4n) is 3.04. The number of benzene rings is 2. The van der Waals surface area contributed by atoms with Crippen LogP contribution in [-0.4, -0.2) is 44.0 Å². The Morgan fingerprint density at radius 2 is 1.92 bits per heavy atom. The van der Waals surface area contributed by atoms with Crippen molar-refractivity contribution >= 4 is 17.6 Å². The minimum atomic E-state index is -0.147. The third kappa shape index (κ3) is 4.21. The van der Waals surface area contributed by atoms with Gasteiger partial charge in [0.2, 0.25) is 0 Å². The van der Waals surface area contributed by atoms with Gasteiger partial charge in [-0.1, -0.05) is 30.3 Å². The highest BCUT2D eigenvalue weighted by Crippen LogP contribution is 2.18. The molecule has 2 N–H and O–H groups in total. The van der Waals surface area contributed by atoms with Crippen LogP contribution in [0.2, 0.25) is 0 Å². The van der Waals surface area contributed by atoms with Crippen LogP contribution >= 0.6 is 0 Å². The molecule has 0 unspecified atom stereocenters. The summed E-state index contributed by atoms with van der Waals surface area (Å²) in [6, 6.07) is 15.1. The molecule has 0 atom stereocenters. The van der Waals surface area contributed by atoms with Gasteiger partial charge in [0.1, 0.15) is 0 Å². The molecule has 1 fully saturated rings. The van der Waals surface area contributed by atoms with Gasteiger partial charge < -0.3 is 15.5 Å². The van der Waals surface area contributed by atoms with Gasteiger partial charge in [-0.3, -0.25) is 9.69 Å². The number of urea groups is 1. The highest BCUT2D eigenvalue weighted by Gasteiger charge is 2.21. The van der Waals surface area contributed by atoms with Gasteiger partial charge in [-0.25, -0.2) is 4.79 Å². The van der Waals surface area contributed by atoms with Gasteiger partial charge >= 0.3 is 6.03 Å². The lowest BCUT2D eigenvalue weighted by Crippen LogP contribution is -2.28. The van der Waals surface area contributed by atoms with Crippen LogP contribution in [0, 0.1) is 0 Å². The number of hydrogen-bond donors (Lipinski definition) is 2. The maximum Gasteiger partial charge on any atom is 0.321 e. The van der Waals surface area contributed by atoms with Gasteiger partial charge in [0.15, 0.2) is 0 Å². The molecule has 2 aromatic carbocycles. The lowest BCUT2D eigenvalue weighted by atomic mass is 10.1. The van der Waals surface area contributed by atoms with E-state index >= 15 is 0 Å². The molecule has 1 saturated heterocycles. The Kier molecular flexibility index (Phi) is 5.53. The van der Waals surface area contributed by atoms with Crippen molar-refractivity contribution in [1.29, 1.82) is 0 Å². The molecule has 1 aliphatic heterocycles. The maximum atomic E-state index is 12.6. The molecule has 0 radical (unpaired) electrons. The van der Waals surface area contributed by atoms with Crippen LogP contribution in [-0.2, 0) is 13.1 Å². The van der Waals surface area contributed by atoms with E-state index in [1.54, 1.807) is 23.1 Å². The SMILES string of the molecule is CN(C)Cc1ccccc1CNC(=O)c1cccc(N2CCNC2=O)c1. The monoisotopic (exact) mass is 352 g/mol. The predicted molar refractivity (Wildman–Crippen MR) is 102 cm³/mol. The number of hydrogen-bond acceptors (Lipinski definition) is 3. The van der Waals surface area contributed by atoms with Crippen molar-refractivity contribution in [3.05, 3.63) is 65.2 Å². The summed E-state index contributed by atoms with van der Waals surface area (Å²) in [4.78, 5) is 28.1. The molecule has 0 aromatic heterocycles. The van der Waals surface area contributed by atoms with Gasteiger partial charge in [-0.15, -0.1) is 0 Å². The Balaban J connectivity index is 1.68. The summed E-state index contributed by atoms with van der Waals surface area (Å²) in [5.41, 5.74) is 3.58. The maximum absolute atomic E-state index is 12.6. The first-order valence-electron chi connectivity index (χ1n) is 8.70. The van der Waals surface area contributed by atoms with Crippen molar-refractivity contribution < 1.29 is 9.59 Å². The second-order valence-corrected chi connectivity index (χ2v) is 6.62. The van der Waals surface area contributed by atoms with Crippen molar-refractivity contribution in [2.45, 2.75) is 13.1 Å². The van der Waals surface area contributed by atoms with Gasteiger partial charge in [0.25, 0.3) is 5.91 Å². The van der Waals surface area contributed by atoms with E-state index in [1.807, 2.05) is 38.4 Å². The number of carbonyl (C=O) groups is 2. The molecule has 1 aliphatic rings. The fourth-order valence-corrected chi connectivity index (χ4v) is 3.04. The molecule has 136 valence electrons. The summed E-state index contributed by atoms with van der Waals surface area (Å²) in [7, 11) is 4.05. The molecule has 3 amide bonds.